The van der Waals surface area contributed by atoms with Crippen LogP contribution in [0.15, 0.2) is 0 Å². The lowest BCUT2D eigenvalue weighted by Gasteiger charge is -2.12. The van der Waals surface area contributed by atoms with Gasteiger partial charge in [-0.05, 0) is 19.8 Å². The average Bonchev–Trinajstić information content (AvgIpc) is 2.75. The number of aliphatic carboxylic acids is 1. The Balaban J connectivity index is 2.16. The topological polar surface area (TPSA) is 53.4 Å². The summed E-state index contributed by atoms with van der Waals surface area (Å²) in [4.78, 5) is 18.2. The summed E-state index contributed by atoms with van der Waals surface area (Å²) in [5.41, 5.74) is 0.865. The summed E-state index contributed by atoms with van der Waals surface area (Å²) in [6.45, 7) is 3.99. The molecule has 0 unspecified atom stereocenters. The van der Waals surface area contributed by atoms with E-state index in [1.54, 1.807) is 0 Å². The Kier molecular flexibility index (Phi) is 2.90. The van der Waals surface area contributed by atoms with Gasteiger partial charge in [-0.15, -0.1) is 11.3 Å². The van der Waals surface area contributed by atoms with Crippen molar-refractivity contribution >= 4 is 22.4 Å². The van der Waals surface area contributed by atoms with Gasteiger partial charge in [-0.2, -0.15) is 0 Å². The van der Waals surface area contributed by atoms with Crippen LogP contribution in [0.2, 0.25) is 0 Å². The zero-order valence-electron chi connectivity index (χ0n) is 8.69. The fourth-order valence-electron chi connectivity index (χ4n) is 1.76. The molecule has 0 spiro atoms. The second-order valence-electron chi connectivity index (χ2n) is 3.77. The summed E-state index contributed by atoms with van der Waals surface area (Å²) in [5, 5.41) is 9.72. The van der Waals surface area contributed by atoms with Crippen molar-refractivity contribution in [3.63, 3.8) is 0 Å². The number of thiazole rings is 1. The van der Waals surface area contributed by atoms with Crippen LogP contribution < -0.4 is 4.90 Å². The first-order valence-corrected chi connectivity index (χ1v) is 5.91. The van der Waals surface area contributed by atoms with Gasteiger partial charge in [0.2, 0.25) is 0 Å². The summed E-state index contributed by atoms with van der Waals surface area (Å²) in [5.74, 6) is -0.783. The SMILES string of the molecule is Cc1nc(N2CCCC2)sc1CC(=O)O. The van der Waals surface area contributed by atoms with E-state index in [1.165, 1.54) is 24.2 Å². The van der Waals surface area contributed by atoms with Crippen LogP contribution in [-0.2, 0) is 11.2 Å². The molecule has 0 atom stereocenters. The number of aromatic nitrogens is 1. The molecule has 1 fully saturated rings. The molecule has 0 radical (unpaired) electrons. The van der Waals surface area contributed by atoms with Crippen molar-refractivity contribution in [2.45, 2.75) is 26.2 Å². The summed E-state index contributed by atoms with van der Waals surface area (Å²) in [6.07, 6.45) is 2.52. The number of anilines is 1. The molecule has 1 aromatic heterocycles. The van der Waals surface area contributed by atoms with Gasteiger partial charge in [-0.1, -0.05) is 0 Å². The predicted octanol–water partition coefficient (Wildman–Crippen LogP) is 1.68. The molecule has 1 aromatic rings. The Bertz CT molecular complexity index is 369. The Morgan fingerprint density at radius 2 is 2.20 bits per heavy atom. The van der Waals surface area contributed by atoms with E-state index in [0.717, 1.165) is 28.8 Å². The van der Waals surface area contributed by atoms with Gasteiger partial charge in [0.15, 0.2) is 5.13 Å². The highest BCUT2D eigenvalue weighted by atomic mass is 32.1. The van der Waals surface area contributed by atoms with Crippen LogP contribution in [0.25, 0.3) is 0 Å². The maximum Gasteiger partial charge on any atom is 0.308 e. The number of rotatable bonds is 3. The molecule has 4 nitrogen and oxygen atoms in total. The van der Waals surface area contributed by atoms with Crippen molar-refractivity contribution in [1.29, 1.82) is 0 Å². The second kappa shape index (κ2) is 4.18. The van der Waals surface area contributed by atoms with Crippen LogP contribution >= 0.6 is 11.3 Å². The molecule has 1 saturated heterocycles. The van der Waals surface area contributed by atoms with E-state index in [-0.39, 0.29) is 6.42 Å². The molecule has 1 N–H and O–H groups in total. The fraction of sp³-hybridized carbons (Fsp3) is 0.600. The quantitative estimate of drug-likeness (QED) is 0.852. The van der Waals surface area contributed by atoms with Gasteiger partial charge in [0.25, 0.3) is 0 Å². The number of carboxylic acid groups (broad SMARTS) is 1. The first-order chi connectivity index (χ1) is 7.16. The van der Waals surface area contributed by atoms with Crippen LogP contribution in [0, 0.1) is 6.92 Å². The highest BCUT2D eigenvalue weighted by molar-refractivity contribution is 7.15. The first kappa shape index (κ1) is 10.4. The molecule has 82 valence electrons. The van der Waals surface area contributed by atoms with E-state index in [4.69, 9.17) is 5.11 Å². The van der Waals surface area contributed by atoms with Crippen LogP contribution in [0.3, 0.4) is 0 Å². The third-order valence-electron chi connectivity index (χ3n) is 2.57. The van der Waals surface area contributed by atoms with Gasteiger partial charge < -0.3 is 10.0 Å². The highest BCUT2D eigenvalue weighted by Crippen LogP contribution is 2.28. The average molecular weight is 226 g/mol. The summed E-state index contributed by atoms with van der Waals surface area (Å²) in [6, 6.07) is 0. The van der Waals surface area contributed by atoms with E-state index in [0.29, 0.717) is 0 Å². The molecule has 0 aromatic carbocycles. The highest BCUT2D eigenvalue weighted by Gasteiger charge is 2.18. The van der Waals surface area contributed by atoms with Crippen molar-refractivity contribution < 1.29 is 9.90 Å². The van der Waals surface area contributed by atoms with Gasteiger partial charge in [0.1, 0.15) is 0 Å². The number of carboxylic acids is 1. The summed E-state index contributed by atoms with van der Waals surface area (Å²) < 4.78 is 0. The van der Waals surface area contributed by atoms with Gasteiger partial charge in [0.05, 0.1) is 12.1 Å². The van der Waals surface area contributed by atoms with Crippen LogP contribution in [0.5, 0.6) is 0 Å². The Hall–Kier alpha value is -1.10. The number of aryl methyl sites for hydroxylation is 1. The third-order valence-corrected chi connectivity index (χ3v) is 3.79. The van der Waals surface area contributed by atoms with E-state index in [1.807, 2.05) is 6.92 Å². The monoisotopic (exact) mass is 226 g/mol. The van der Waals surface area contributed by atoms with Crippen molar-refractivity contribution in [3.8, 4) is 0 Å². The molecule has 2 rings (SSSR count). The number of hydrogen-bond donors (Lipinski definition) is 1. The lowest BCUT2D eigenvalue weighted by Crippen LogP contribution is -2.17. The maximum atomic E-state index is 10.6. The fourth-order valence-corrected chi connectivity index (χ4v) is 2.86. The van der Waals surface area contributed by atoms with Crippen molar-refractivity contribution in [1.82, 2.24) is 4.98 Å². The Labute approximate surface area is 92.6 Å². The standard InChI is InChI=1S/C10H14N2O2S/c1-7-8(6-9(13)14)15-10(11-7)12-4-2-3-5-12/h2-6H2,1H3,(H,13,14). The van der Waals surface area contributed by atoms with Crippen molar-refractivity contribution in [3.05, 3.63) is 10.6 Å². The largest absolute Gasteiger partial charge is 0.481 e. The van der Waals surface area contributed by atoms with Crippen LogP contribution in [-0.4, -0.2) is 29.1 Å². The van der Waals surface area contributed by atoms with E-state index in [2.05, 4.69) is 9.88 Å². The van der Waals surface area contributed by atoms with Crippen LogP contribution in [0.1, 0.15) is 23.4 Å². The molecular formula is C10H14N2O2S. The molecule has 2 heterocycles. The van der Waals surface area contributed by atoms with Gasteiger partial charge in [0, 0.05) is 18.0 Å². The number of nitrogens with zero attached hydrogens (tertiary/aromatic N) is 2. The van der Waals surface area contributed by atoms with Crippen molar-refractivity contribution in [2.75, 3.05) is 18.0 Å². The molecule has 5 heteroatoms. The lowest BCUT2D eigenvalue weighted by atomic mass is 10.3. The minimum absolute atomic E-state index is 0.0946. The summed E-state index contributed by atoms with van der Waals surface area (Å²) in [7, 11) is 0. The van der Waals surface area contributed by atoms with E-state index >= 15 is 0 Å². The maximum absolute atomic E-state index is 10.6. The first-order valence-electron chi connectivity index (χ1n) is 5.10. The lowest BCUT2D eigenvalue weighted by molar-refractivity contribution is -0.136. The third kappa shape index (κ3) is 2.28. The van der Waals surface area contributed by atoms with Gasteiger partial charge in [-0.3, -0.25) is 4.79 Å². The molecule has 0 saturated carbocycles. The second-order valence-corrected chi connectivity index (χ2v) is 4.83. The van der Waals surface area contributed by atoms with Crippen molar-refractivity contribution in [2.24, 2.45) is 0 Å². The van der Waals surface area contributed by atoms with Crippen LogP contribution in [0.4, 0.5) is 5.13 Å². The Morgan fingerprint density at radius 1 is 1.53 bits per heavy atom. The zero-order valence-corrected chi connectivity index (χ0v) is 9.51. The molecule has 1 aliphatic rings. The normalized spacial score (nSPS) is 15.9. The predicted molar refractivity (Wildman–Crippen MR) is 59.6 cm³/mol. The number of hydrogen-bond acceptors (Lipinski definition) is 4. The smallest absolute Gasteiger partial charge is 0.308 e. The minimum atomic E-state index is -0.783. The Morgan fingerprint density at radius 3 is 2.80 bits per heavy atom. The molecule has 0 amide bonds. The molecule has 0 bridgehead atoms. The van der Waals surface area contributed by atoms with Gasteiger partial charge in [-0.25, -0.2) is 4.98 Å². The number of carbonyl (C=O) groups is 1. The van der Waals surface area contributed by atoms with E-state index in [9.17, 15) is 4.79 Å². The van der Waals surface area contributed by atoms with Gasteiger partial charge >= 0.3 is 5.97 Å². The molecule has 15 heavy (non-hydrogen) atoms. The zero-order chi connectivity index (χ0) is 10.8. The summed E-state index contributed by atoms with van der Waals surface area (Å²) >= 11 is 1.52. The van der Waals surface area contributed by atoms with E-state index < -0.39 is 5.97 Å². The molecular weight excluding hydrogens is 212 g/mol. The molecule has 0 aliphatic carbocycles. The minimum Gasteiger partial charge on any atom is -0.481 e. The molecule has 1 aliphatic heterocycles.